The zero-order chi connectivity index (χ0) is 59.2. The van der Waals surface area contributed by atoms with Crippen molar-refractivity contribution in [3.8, 4) is 0 Å². The van der Waals surface area contributed by atoms with E-state index in [0.29, 0.717) is 19.3 Å². The normalized spacial score (nSPS) is 12.3. The number of hydrogen-bond donors (Lipinski definition) is 0. The highest BCUT2D eigenvalue weighted by atomic mass is 16.6. The van der Waals surface area contributed by atoms with Crippen LogP contribution in [0, 0.1) is 0 Å². The monoisotopic (exact) mass is 1150 g/mol. The highest BCUT2D eigenvalue weighted by molar-refractivity contribution is 5.71. The molecule has 0 aromatic carbocycles. The Bertz CT molecular complexity index is 1410. The Hall–Kier alpha value is -2.63. The van der Waals surface area contributed by atoms with E-state index >= 15 is 0 Å². The first kappa shape index (κ1) is 79.4. The van der Waals surface area contributed by atoms with Gasteiger partial charge in [0.1, 0.15) is 13.2 Å². The van der Waals surface area contributed by atoms with Crippen LogP contribution in [0.3, 0.4) is 0 Å². The van der Waals surface area contributed by atoms with Crippen molar-refractivity contribution in [2.45, 2.75) is 406 Å². The van der Waals surface area contributed by atoms with E-state index in [1.165, 1.54) is 289 Å². The standard InChI is InChI=1S/C76H140O6/c1-4-7-10-13-16-18-20-22-24-26-28-30-32-34-36-38-40-42-44-46-48-50-52-54-56-58-60-63-66-69-75(78)81-72-73(71-80-74(77)68-65-62-15-12-9-6-3)82-76(79)70-67-64-61-59-57-55-53-51-49-47-45-43-41-39-37-35-33-31-29-27-25-23-21-19-17-14-11-8-5-2/h20-23,26-29,73H,4-19,24-25,30-72H2,1-3H3/b22-20-,23-21-,28-26-,29-27-. The molecule has 0 N–H and O–H groups in total. The van der Waals surface area contributed by atoms with E-state index in [1.807, 2.05) is 0 Å². The van der Waals surface area contributed by atoms with Gasteiger partial charge in [-0.15, -0.1) is 0 Å². The summed E-state index contributed by atoms with van der Waals surface area (Å²) in [6, 6.07) is 0. The molecule has 6 heteroatoms. The lowest BCUT2D eigenvalue weighted by molar-refractivity contribution is -0.167. The second-order valence-corrected chi connectivity index (χ2v) is 24.9. The van der Waals surface area contributed by atoms with Gasteiger partial charge in [-0.25, -0.2) is 0 Å². The summed E-state index contributed by atoms with van der Waals surface area (Å²) in [4.78, 5) is 38.1. The SMILES string of the molecule is CCCCCCC/C=C\C/C=C\CCCCCCCCCCCCCCCCCCCC(=O)OCC(COC(=O)CCCCCCCC)OC(=O)CCCCCCCCCCCCCCCCCCC/C=C\C/C=C\CCCCCCC. The van der Waals surface area contributed by atoms with Gasteiger partial charge in [0.2, 0.25) is 0 Å². The van der Waals surface area contributed by atoms with Crippen LogP contribution in [0.5, 0.6) is 0 Å². The van der Waals surface area contributed by atoms with Gasteiger partial charge in [-0.05, 0) is 83.5 Å². The first-order valence-electron chi connectivity index (χ1n) is 36.6. The molecule has 0 amide bonds. The molecule has 0 fully saturated rings. The highest BCUT2D eigenvalue weighted by Crippen LogP contribution is 2.18. The first-order valence-corrected chi connectivity index (χ1v) is 36.6. The minimum Gasteiger partial charge on any atom is -0.462 e. The van der Waals surface area contributed by atoms with Crippen molar-refractivity contribution in [1.29, 1.82) is 0 Å². The lowest BCUT2D eigenvalue weighted by Crippen LogP contribution is -2.30. The molecule has 82 heavy (non-hydrogen) atoms. The molecule has 1 atom stereocenters. The summed E-state index contributed by atoms with van der Waals surface area (Å²) in [7, 11) is 0. The Balaban J connectivity index is 3.96. The predicted molar refractivity (Wildman–Crippen MR) is 358 cm³/mol. The summed E-state index contributed by atoms with van der Waals surface area (Å²) in [6.07, 6.45) is 90.5. The molecule has 0 aromatic heterocycles. The third-order valence-corrected chi connectivity index (χ3v) is 16.6. The third-order valence-electron chi connectivity index (χ3n) is 16.6. The van der Waals surface area contributed by atoms with E-state index in [0.717, 1.165) is 70.6 Å². The zero-order valence-electron chi connectivity index (χ0n) is 55.3. The van der Waals surface area contributed by atoms with E-state index in [9.17, 15) is 14.4 Å². The molecule has 0 aliphatic heterocycles. The van der Waals surface area contributed by atoms with E-state index < -0.39 is 6.10 Å². The Morgan fingerprint density at radius 2 is 0.439 bits per heavy atom. The van der Waals surface area contributed by atoms with Gasteiger partial charge in [0.05, 0.1) is 0 Å². The molecule has 0 saturated carbocycles. The number of hydrogen-bond acceptors (Lipinski definition) is 6. The van der Waals surface area contributed by atoms with Gasteiger partial charge < -0.3 is 14.2 Å². The van der Waals surface area contributed by atoms with Gasteiger partial charge in [0.25, 0.3) is 0 Å². The Morgan fingerprint density at radius 3 is 0.671 bits per heavy atom. The van der Waals surface area contributed by atoms with Crippen LogP contribution in [0.2, 0.25) is 0 Å². The summed E-state index contributed by atoms with van der Waals surface area (Å²) in [5.74, 6) is -0.852. The third kappa shape index (κ3) is 68.2. The summed E-state index contributed by atoms with van der Waals surface area (Å²) >= 11 is 0. The van der Waals surface area contributed by atoms with Crippen LogP contribution in [-0.2, 0) is 28.6 Å². The predicted octanol–water partition coefficient (Wildman–Crippen LogP) is 25.3. The molecule has 480 valence electrons. The minimum atomic E-state index is -0.768. The van der Waals surface area contributed by atoms with Crippen LogP contribution in [0.4, 0.5) is 0 Å². The van der Waals surface area contributed by atoms with Crippen molar-refractivity contribution in [1.82, 2.24) is 0 Å². The van der Waals surface area contributed by atoms with Crippen LogP contribution >= 0.6 is 0 Å². The number of allylic oxidation sites excluding steroid dienone is 8. The second-order valence-electron chi connectivity index (χ2n) is 24.9. The van der Waals surface area contributed by atoms with Crippen molar-refractivity contribution in [2.75, 3.05) is 13.2 Å². The molecular weight excluding hydrogens is 1010 g/mol. The Morgan fingerprint density at radius 1 is 0.244 bits per heavy atom. The smallest absolute Gasteiger partial charge is 0.306 e. The van der Waals surface area contributed by atoms with E-state index in [4.69, 9.17) is 14.2 Å². The van der Waals surface area contributed by atoms with Gasteiger partial charge in [-0.1, -0.05) is 345 Å². The quantitative estimate of drug-likeness (QED) is 0.0261. The van der Waals surface area contributed by atoms with Gasteiger partial charge >= 0.3 is 17.9 Å². The number of ether oxygens (including phenoxy) is 3. The maximum absolute atomic E-state index is 12.9. The molecule has 0 aliphatic rings. The second kappa shape index (κ2) is 70.9. The topological polar surface area (TPSA) is 78.9 Å². The fourth-order valence-corrected chi connectivity index (χ4v) is 11.0. The molecule has 0 aliphatic carbocycles. The van der Waals surface area contributed by atoms with Gasteiger partial charge in [0.15, 0.2) is 6.10 Å². The van der Waals surface area contributed by atoms with Crippen LogP contribution in [-0.4, -0.2) is 37.2 Å². The molecule has 0 heterocycles. The maximum Gasteiger partial charge on any atom is 0.306 e. The van der Waals surface area contributed by atoms with E-state index in [2.05, 4.69) is 69.4 Å². The fourth-order valence-electron chi connectivity index (χ4n) is 11.0. The van der Waals surface area contributed by atoms with Crippen LogP contribution in [0.1, 0.15) is 400 Å². The average Bonchev–Trinajstić information content (AvgIpc) is 3.47. The lowest BCUT2D eigenvalue weighted by Gasteiger charge is -2.18. The number of esters is 3. The molecule has 0 aromatic rings. The molecule has 0 bridgehead atoms. The highest BCUT2D eigenvalue weighted by Gasteiger charge is 2.19. The molecule has 0 radical (unpaired) electrons. The fraction of sp³-hybridized carbons (Fsp3) is 0.855. The van der Waals surface area contributed by atoms with Gasteiger partial charge in [-0.3, -0.25) is 14.4 Å². The van der Waals surface area contributed by atoms with E-state index in [-0.39, 0.29) is 31.1 Å². The van der Waals surface area contributed by atoms with Crippen molar-refractivity contribution in [3.63, 3.8) is 0 Å². The summed E-state index contributed by atoms with van der Waals surface area (Å²) in [5.41, 5.74) is 0. The van der Waals surface area contributed by atoms with Crippen molar-refractivity contribution in [2.24, 2.45) is 0 Å². The van der Waals surface area contributed by atoms with Crippen LogP contribution in [0.25, 0.3) is 0 Å². The molecular formula is C76H140O6. The van der Waals surface area contributed by atoms with Crippen LogP contribution in [0.15, 0.2) is 48.6 Å². The minimum absolute atomic E-state index is 0.0677. The summed E-state index contributed by atoms with van der Waals surface area (Å²) in [5, 5.41) is 0. The zero-order valence-corrected chi connectivity index (χ0v) is 55.3. The molecule has 1 unspecified atom stereocenters. The van der Waals surface area contributed by atoms with Gasteiger partial charge in [0, 0.05) is 19.3 Å². The molecule has 0 rings (SSSR count). The maximum atomic E-state index is 12.9. The summed E-state index contributed by atoms with van der Waals surface area (Å²) in [6.45, 7) is 6.62. The number of rotatable bonds is 68. The molecule has 0 saturated heterocycles. The van der Waals surface area contributed by atoms with Crippen molar-refractivity contribution < 1.29 is 28.6 Å². The number of carbonyl (C=O) groups is 3. The summed E-state index contributed by atoms with van der Waals surface area (Å²) < 4.78 is 16.9. The van der Waals surface area contributed by atoms with Crippen LogP contribution < -0.4 is 0 Å². The molecule has 6 nitrogen and oxygen atoms in total. The first-order chi connectivity index (χ1) is 40.5. The Labute approximate surface area is 511 Å². The van der Waals surface area contributed by atoms with Crippen molar-refractivity contribution >= 4 is 17.9 Å². The number of unbranched alkanes of at least 4 members (excludes halogenated alkanes) is 49. The van der Waals surface area contributed by atoms with Gasteiger partial charge in [-0.2, -0.15) is 0 Å². The largest absolute Gasteiger partial charge is 0.462 e. The lowest BCUT2D eigenvalue weighted by atomic mass is 10.0. The number of carbonyl (C=O) groups excluding carboxylic acids is 3. The average molecular weight is 1150 g/mol. The van der Waals surface area contributed by atoms with Crippen molar-refractivity contribution in [3.05, 3.63) is 48.6 Å². The Kier molecular flexibility index (Phi) is 68.6. The molecule has 0 spiro atoms. The van der Waals surface area contributed by atoms with E-state index in [1.54, 1.807) is 0 Å².